The van der Waals surface area contributed by atoms with Crippen LogP contribution in [0, 0.1) is 5.92 Å². The van der Waals surface area contributed by atoms with Crippen molar-refractivity contribution in [2.45, 2.75) is 50.5 Å². The van der Waals surface area contributed by atoms with Crippen LogP contribution in [-0.2, 0) is 14.3 Å². The van der Waals surface area contributed by atoms with Crippen LogP contribution in [0.4, 0.5) is 4.79 Å². The average Bonchev–Trinajstić information content (AvgIpc) is 3.46. The van der Waals surface area contributed by atoms with Crippen molar-refractivity contribution in [3.8, 4) is 11.1 Å². The lowest BCUT2D eigenvalue weighted by atomic mass is 9.98. The van der Waals surface area contributed by atoms with Gasteiger partial charge in [-0.25, -0.2) is 4.79 Å². The number of hydrogen-bond donors (Lipinski definition) is 3. The van der Waals surface area contributed by atoms with Crippen molar-refractivity contribution < 1.29 is 24.2 Å². The Morgan fingerprint density at radius 2 is 1.67 bits per heavy atom. The molecular weight excluding hydrogens is 420 g/mol. The minimum atomic E-state index is -0.920. The molecule has 33 heavy (non-hydrogen) atoms. The van der Waals surface area contributed by atoms with Gasteiger partial charge < -0.3 is 20.5 Å². The van der Waals surface area contributed by atoms with E-state index in [9.17, 15) is 14.4 Å². The molecule has 0 saturated heterocycles. The van der Waals surface area contributed by atoms with Crippen molar-refractivity contribution in [1.82, 2.24) is 10.6 Å². The SMILES string of the molecule is CCCC(CNC(=O)OCC1c2ccccc2-c2ccccc21)C(=O)NC1(CC(=O)O)CC1. The van der Waals surface area contributed by atoms with Gasteiger partial charge in [0.15, 0.2) is 0 Å². The Hall–Kier alpha value is -3.35. The number of nitrogens with one attached hydrogen (secondary N) is 2. The molecule has 1 saturated carbocycles. The summed E-state index contributed by atoms with van der Waals surface area (Å²) in [5, 5.41) is 14.7. The number of carbonyl (C=O) groups is 3. The molecule has 7 nitrogen and oxygen atoms in total. The zero-order valence-electron chi connectivity index (χ0n) is 18.8. The lowest BCUT2D eigenvalue weighted by molar-refractivity contribution is -0.138. The second-order valence-corrected chi connectivity index (χ2v) is 9.03. The third-order valence-corrected chi connectivity index (χ3v) is 6.58. The highest BCUT2D eigenvalue weighted by Crippen LogP contribution is 2.44. The van der Waals surface area contributed by atoms with Crippen LogP contribution >= 0.6 is 0 Å². The van der Waals surface area contributed by atoms with Crippen LogP contribution in [0.5, 0.6) is 0 Å². The van der Waals surface area contributed by atoms with Gasteiger partial charge in [0.05, 0.1) is 17.9 Å². The minimum absolute atomic E-state index is 0.0244. The van der Waals surface area contributed by atoms with Crippen molar-refractivity contribution in [3.63, 3.8) is 0 Å². The first-order valence-corrected chi connectivity index (χ1v) is 11.5. The second kappa shape index (κ2) is 9.65. The molecule has 0 aromatic heterocycles. The van der Waals surface area contributed by atoms with Crippen LogP contribution in [0.25, 0.3) is 11.1 Å². The Balaban J connectivity index is 1.32. The number of aliphatic carboxylic acids is 1. The number of amides is 2. The monoisotopic (exact) mass is 450 g/mol. The van der Waals surface area contributed by atoms with Crippen LogP contribution < -0.4 is 10.6 Å². The van der Waals surface area contributed by atoms with Gasteiger partial charge >= 0.3 is 12.1 Å². The van der Waals surface area contributed by atoms with E-state index in [0.717, 1.165) is 28.7 Å². The smallest absolute Gasteiger partial charge is 0.407 e. The molecule has 174 valence electrons. The molecule has 0 bridgehead atoms. The maximum atomic E-state index is 12.7. The van der Waals surface area contributed by atoms with E-state index in [1.165, 1.54) is 0 Å². The van der Waals surface area contributed by atoms with E-state index in [2.05, 4.69) is 34.9 Å². The maximum Gasteiger partial charge on any atom is 0.407 e. The van der Waals surface area contributed by atoms with E-state index in [4.69, 9.17) is 9.84 Å². The summed E-state index contributed by atoms with van der Waals surface area (Å²) in [5.41, 5.74) is 3.98. The summed E-state index contributed by atoms with van der Waals surface area (Å²) in [6, 6.07) is 16.3. The predicted molar refractivity (Wildman–Crippen MR) is 124 cm³/mol. The fourth-order valence-corrected chi connectivity index (χ4v) is 4.68. The van der Waals surface area contributed by atoms with Gasteiger partial charge in [-0.05, 0) is 41.5 Å². The molecular formula is C26H30N2O5. The number of carboxylic acids is 1. The first kappa shape index (κ1) is 22.8. The number of rotatable bonds is 10. The van der Waals surface area contributed by atoms with E-state index in [0.29, 0.717) is 19.3 Å². The van der Waals surface area contributed by atoms with E-state index in [1.54, 1.807) is 0 Å². The molecule has 0 radical (unpaired) electrons. The lowest BCUT2D eigenvalue weighted by Gasteiger charge is -2.21. The van der Waals surface area contributed by atoms with Gasteiger partial charge in [-0.3, -0.25) is 9.59 Å². The van der Waals surface area contributed by atoms with Gasteiger partial charge in [0, 0.05) is 12.5 Å². The number of benzene rings is 2. The molecule has 3 N–H and O–H groups in total. The highest BCUT2D eigenvalue weighted by atomic mass is 16.5. The summed E-state index contributed by atoms with van der Waals surface area (Å²) in [7, 11) is 0. The Morgan fingerprint density at radius 1 is 1.06 bits per heavy atom. The molecule has 2 aliphatic carbocycles. The van der Waals surface area contributed by atoms with E-state index in [1.807, 2.05) is 31.2 Å². The van der Waals surface area contributed by atoms with Gasteiger partial charge in [0.25, 0.3) is 0 Å². The molecule has 0 spiro atoms. The van der Waals surface area contributed by atoms with Crippen molar-refractivity contribution in [3.05, 3.63) is 59.7 Å². The van der Waals surface area contributed by atoms with Gasteiger partial charge in [0.2, 0.25) is 5.91 Å². The second-order valence-electron chi connectivity index (χ2n) is 9.03. The Bertz CT molecular complexity index is 1000. The van der Waals surface area contributed by atoms with Crippen molar-refractivity contribution >= 4 is 18.0 Å². The molecule has 1 fully saturated rings. The molecule has 2 aromatic rings. The van der Waals surface area contributed by atoms with Crippen LogP contribution in [0.15, 0.2) is 48.5 Å². The predicted octanol–water partition coefficient (Wildman–Crippen LogP) is 4.06. The zero-order chi connectivity index (χ0) is 23.4. The highest BCUT2D eigenvalue weighted by Gasteiger charge is 2.46. The fourth-order valence-electron chi connectivity index (χ4n) is 4.68. The van der Waals surface area contributed by atoms with E-state index >= 15 is 0 Å². The normalized spacial score (nSPS) is 16.3. The summed E-state index contributed by atoms with van der Waals surface area (Å²) in [6.07, 6.45) is 2.08. The van der Waals surface area contributed by atoms with Crippen LogP contribution in [0.1, 0.15) is 56.1 Å². The number of alkyl carbamates (subject to hydrolysis) is 1. The van der Waals surface area contributed by atoms with Gasteiger partial charge in [0.1, 0.15) is 6.61 Å². The summed E-state index contributed by atoms with van der Waals surface area (Å²) in [5.74, 6) is -1.59. The molecule has 7 heteroatoms. The zero-order valence-corrected chi connectivity index (χ0v) is 18.8. The topological polar surface area (TPSA) is 105 Å². The van der Waals surface area contributed by atoms with Crippen molar-refractivity contribution in [2.24, 2.45) is 5.92 Å². The number of fused-ring (bicyclic) bond motifs is 3. The quantitative estimate of drug-likeness (QED) is 0.506. The van der Waals surface area contributed by atoms with Gasteiger partial charge in [-0.1, -0.05) is 61.9 Å². The summed E-state index contributed by atoms with van der Waals surface area (Å²) >= 11 is 0. The molecule has 0 aliphatic heterocycles. The maximum absolute atomic E-state index is 12.7. The Labute approximate surface area is 193 Å². The van der Waals surface area contributed by atoms with Crippen molar-refractivity contribution in [1.29, 1.82) is 0 Å². The molecule has 1 atom stereocenters. The average molecular weight is 451 g/mol. The molecule has 2 aromatic carbocycles. The van der Waals surface area contributed by atoms with Gasteiger partial charge in [-0.15, -0.1) is 0 Å². The third-order valence-electron chi connectivity index (χ3n) is 6.58. The third kappa shape index (κ3) is 5.18. The molecule has 4 rings (SSSR count). The fraction of sp³-hybridized carbons (Fsp3) is 0.423. The standard InChI is InChI=1S/C26H30N2O5/c1-2-7-17(24(31)28-26(12-13-26)14-23(29)30)15-27-25(32)33-16-22-20-10-5-3-8-18(20)19-9-4-6-11-21(19)22/h3-6,8-11,17,22H,2,7,12-16H2,1H3,(H,27,32)(H,28,31)(H,29,30). The van der Waals surface area contributed by atoms with E-state index < -0.39 is 23.5 Å². The van der Waals surface area contributed by atoms with E-state index in [-0.39, 0.29) is 31.4 Å². The molecule has 2 amide bonds. The van der Waals surface area contributed by atoms with Crippen LogP contribution in [0.3, 0.4) is 0 Å². The van der Waals surface area contributed by atoms with Crippen LogP contribution in [0.2, 0.25) is 0 Å². The summed E-state index contributed by atoms with van der Waals surface area (Å²) in [6.45, 7) is 2.34. The van der Waals surface area contributed by atoms with Crippen molar-refractivity contribution in [2.75, 3.05) is 13.2 Å². The summed E-state index contributed by atoms with van der Waals surface area (Å²) < 4.78 is 5.55. The van der Waals surface area contributed by atoms with Gasteiger partial charge in [-0.2, -0.15) is 0 Å². The molecule has 0 heterocycles. The molecule has 1 unspecified atom stereocenters. The largest absolute Gasteiger partial charge is 0.481 e. The first-order valence-electron chi connectivity index (χ1n) is 11.5. The van der Waals surface area contributed by atoms with Crippen LogP contribution in [-0.4, -0.2) is 41.8 Å². The number of carboxylic acid groups (broad SMARTS) is 1. The number of carbonyl (C=O) groups excluding carboxylic acids is 2. The number of hydrogen-bond acceptors (Lipinski definition) is 4. The first-order chi connectivity index (χ1) is 15.9. The molecule has 2 aliphatic rings. The highest BCUT2D eigenvalue weighted by molar-refractivity contribution is 5.82. The minimum Gasteiger partial charge on any atom is -0.481 e. The Morgan fingerprint density at radius 3 is 2.21 bits per heavy atom. The number of ether oxygens (including phenoxy) is 1. The Kier molecular flexibility index (Phi) is 6.67. The summed E-state index contributed by atoms with van der Waals surface area (Å²) in [4.78, 5) is 36.2. The lowest BCUT2D eigenvalue weighted by Crippen LogP contribution is -2.45.